The van der Waals surface area contributed by atoms with Crippen LogP contribution in [0.4, 0.5) is 5.82 Å². The number of nitrogens with zero attached hydrogens (tertiary/aromatic N) is 4. The molecule has 0 saturated heterocycles. The molecule has 0 bridgehead atoms. The second-order valence-electron chi connectivity index (χ2n) is 5.16. The lowest BCUT2D eigenvalue weighted by atomic mass is 10.2. The summed E-state index contributed by atoms with van der Waals surface area (Å²) in [6.45, 7) is 1.85. The number of phenols is 1. The first-order valence-corrected chi connectivity index (χ1v) is 8.84. The highest BCUT2D eigenvalue weighted by atomic mass is 79.9. The van der Waals surface area contributed by atoms with Crippen LogP contribution in [0.5, 0.6) is 5.75 Å². The van der Waals surface area contributed by atoms with E-state index >= 15 is 0 Å². The number of pyridine rings is 1. The standard InChI is InChI=1S/C17H13Br2N5O/c1-10-5-15(24-21-9-11-3-2-4-20-8-11)23-17(22-10)13-6-12(18)7-14(19)16(13)25/h2-9,25H,1H3,(H,22,23,24). The van der Waals surface area contributed by atoms with Crippen LogP contribution < -0.4 is 5.43 Å². The smallest absolute Gasteiger partial charge is 0.165 e. The van der Waals surface area contributed by atoms with Crippen LogP contribution in [0.25, 0.3) is 11.4 Å². The molecule has 0 fully saturated rings. The Balaban J connectivity index is 1.90. The Hall–Kier alpha value is -2.32. The van der Waals surface area contributed by atoms with Crippen LogP contribution in [0, 0.1) is 6.92 Å². The summed E-state index contributed by atoms with van der Waals surface area (Å²) in [5.74, 6) is 1.01. The van der Waals surface area contributed by atoms with E-state index in [1.807, 2.05) is 19.1 Å². The van der Waals surface area contributed by atoms with E-state index in [4.69, 9.17) is 0 Å². The first-order chi connectivity index (χ1) is 12.0. The summed E-state index contributed by atoms with van der Waals surface area (Å²) in [4.78, 5) is 12.8. The fourth-order valence-electron chi connectivity index (χ4n) is 2.11. The predicted molar refractivity (Wildman–Crippen MR) is 105 cm³/mol. The van der Waals surface area contributed by atoms with Crippen molar-refractivity contribution in [2.24, 2.45) is 5.10 Å². The van der Waals surface area contributed by atoms with Crippen LogP contribution in [-0.2, 0) is 0 Å². The van der Waals surface area contributed by atoms with Gasteiger partial charge in [0.05, 0.1) is 16.3 Å². The van der Waals surface area contributed by atoms with Crippen LogP contribution in [0.3, 0.4) is 0 Å². The summed E-state index contributed by atoms with van der Waals surface area (Å²) in [5.41, 5.74) is 5.02. The van der Waals surface area contributed by atoms with Gasteiger partial charge in [-0.2, -0.15) is 5.10 Å². The summed E-state index contributed by atoms with van der Waals surface area (Å²) in [6.07, 6.45) is 5.06. The first-order valence-electron chi connectivity index (χ1n) is 7.26. The normalized spacial score (nSPS) is 11.0. The molecule has 0 spiro atoms. The Morgan fingerprint density at radius 3 is 2.80 bits per heavy atom. The number of halogens is 2. The van der Waals surface area contributed by atoms with Gasteiger partial charge in [-0.3, -0.25) is 10.4 Å². The molecule has 25 heavy (non-hydrogen) atoms. The molecule has 0 aliphatic rings. The van der Waals surface area contributed by atoms with E-state index in [0.29, 0.717) is 21.7 Å². The number of aryl methyl sites for hydroxylation is 1. The number of benzene rings is 1. The Kier molecular flexibility index (Phi) is 5.40. The molecule has 0 unspecified atom stereocenters. The van der Waals surface area contributed by atoms with E-state index < -0.39 is 0 Å². The molecule has 0 aliphatic carbocycles. The van der Waals surface area contributed by atoms with Crippen LogP contribution in [0.15, 0.2) is 56.8 Å². The van der Waals surface area contributed by atoms with Gasteiger partial charge in [0.15, 0.2) is 11.6 Å². The summed E-state index contributed by atoms with van der Waals surface area (Å²) < 4.78 is 1.37. The second kappa shape index (κ2) is 7.71. The molecule has 0 aliphatic heterocycles. The van der Waals surface area contributed by atoms with Crippen molar-refractivity contribution >= 4 is 43.9 Å². The number of hydrazone groups is 1. The zero-order valence-corrected chi connectivity index (χ0v) is 16.3. The minimum absolute atomic E-state index is 0.0820. The van der Waals surface area contributed by atoms with E-state index in [0.717, 1.165) is 15.7 Å². The maximum Gasteiger partial charge on any atom is 0.165 e. The highest BCUT2D eigenvalue weighted by Gasteiger charge is 2.13. The molecule has 1 aromatic carbocycles. The molecule has 3 aromatic rings. The van der Waals surface area contributed by atoms with Crippen LogP contribution in [-0.4, -0.2) is 26.3 Å². The van der Waals surface area contributed by atoms with E-state index in [1.54, 1.807) is 36.8 Å². The zero-order chi connectivity index (χ0) is 17.8. The molecule has 2 heterocycles. The summed E-state index contributed by atoms with van der Waals surface area (Å²) in [5, 5.41) is 14.4. The molecule has 0 saturated carbocycles. The number of aromatic hydroxyl groups is 1. The fourth-order valence-corrected chi connectivity index (χ4v) is 3.33. The molecule has 0 atom stereocenters. The SMILES string of the molecule is Cc1cc(NN=Cc2cccnc2)nc(-c2cc(Br)cc(Br)c2O)n1. The van der Waals surface area contributed by atoms with Crippen molar-refractivity contribution < 1.29 is 5.11 Å². The van der Waals surface area contributed by atoms with Crippen LogP contribution in [0.1, 0.15) is 11.3 Å². The van der Waals surface area contributed by atoms with Gasteiger partial charge in [-0.05, 0) is 41.1 Å². The summed E-state index contributed by atoms with van der Waals surface area (Å²) in [7, 11) is 0. The molecular weight excluding hydrogens is 450 g/mol. The highest BCUT2D eigenvalue weighted by Crippen LogP contribution is 2.37. The molecule has 0 radical (unpaired) electrons. The highest BCUT2D eigenvalue weighted by molar-refractivity contribution is 9.11. The van der Waals surface area contributed by atoms with E-state index in [1.165, 1.54) is 0 Å². The number of aromatic nitrogens is 3. The maximum absolute atomic E-state index is 10.3. The van der Waals surface area contributed by atoms with Gasteiger partial charge in [-0.25, -0.2) is 9.97 Å². The lowest BCUT2D eigenvalue weighted by Crippen LogP contribution is -1.99. The van der Waals surface area contributed by atoms with Crippen molar-refractivity contribution in [2.45, 2.75) is 6.92 Å². The minimum atomic E-state index is 0.0820. The zero-order valence-electron chi connectivity index (χ0n) is 13.1. The van der Waals surface area contributed by atoms with Gasteiger partial charge in [0.25, 0.3) is 0 Å². The average molecular weight is 463 g/mol. The van der Waals surface area contributed by atoms with E-state index in [9.17, 15) is 5.11 Å². The van der Waals surface area contributed by atoms with Gasteiger partial charge >= 0.3 is 0 Å². The Labute approximate surface area is 161 Å². The first kappa shape index (κ1) is 17.5. The third kappa shape index (κ3) is 4.40. The lowest BCUT2D eigenvalue weighted by molar-refractivity contribution is 0.473. The Bertz CT molecular complexity index is 932. The van der Waals surface area contributed by atoms with Crippen molar-refractivity contribution in [1.29, 1.82) is 0 Å². The van der Waals surface area contributed by atoms with Gasteiger partial charge < -0.3 is 5.11 Å². The Morgan fingerprint density at radius 2 is 2.04 bits per heavy atom. The van der Waals surface area contributed by atoms with Crippen molar-refractivity contribution in [3.05, 3.63) is 62.9 Å². The molecule has 6 nitrogen and oxygen atoms in total. The van der Waals surface area contributed by atoms with E-state index in [2.05, 4.69) is 57.3 Å². The molecule has 126 valence electrons. The maximum atomic E-state index is 10.3. The number of hydrogen-bond donors (Lipinski definition) is 2. The predicted octanol–water partition coefficient (Wildman–Crippen LogP) is 4.52. The van der Waals surface area contributed by atoms with Crippen molar-refractivity contribution in [3.8, 4) is 17.1 Å². The number of anilines is 1. The third-order valence-electron chi connectivity index (χ3n) is 3.20. The molecular formula is C17H13Br2N5O. The minimum Gasteiger partial charge on any atom is -0.506 e. The fraction of sp³-hybridized carbons (Fsp3) is 0.0588. The van der Waals surface area contributed by atoms with Crippen molar-refractivity contribution in [3.63, 3.8) is 0 Å². The third-order valence-corrected chi connectivity index (χ3v) is 4.26. The summed E-state index contributed by atoms with van der Waals surface area (Å²) in [6, 6.07) is 9.02. The van der Waals surface area contributed by atoms with Gasteiger partial charge in [0.1, 0.15) is 5.75 Å². The molecule has 8 heteroatoms. The van der Waals surface area contributed by atoms with Crippen molar-refractivity contribution in [1.82, 2.24) is 15.0 Å². The second-order valence-corrected chi connectivity index (χ2v) is 6.93. The number of hydrogen-bond acceptors (Lipinski definition) is 6. The van der Waals surface area contributed by atoms with Crippen LogP contribution >= 0.6 is 31.9 Å². The Morgan fingerprint density at radius 1 is 1.20 bits per heavy atom. The van der Waals surface area contributed by atoms with Crippen LogP contribution in [0.2, 0.25) is 0 Å². The number of rotatable bonds is 4. The molecule has 3 rings (SSSR count). The summed E-state index contributed by atoms with van der Waals surface area (Å²) >= 11 is 6.73. The topological polar surface area (TPSA) is 83.3 Å². The quantitative estimate of drug-likeness (QED) is 0.439. The number of nitrogens with one attached hydrogen (secondary N) is 1. The molecule has 2 N–H and O–H groups in total. The number of phenolic OH excluding ortho intramolecular Hbond substituents is 1. The van der Waals surface area contributed by atoms with Crippen molar-refractivity contribution in [2.75, 3.05) is 5.43 Å². The molecule has 0 amide bonds. The largest absolute Gasteiger partial charge is 0.506 e. The van der Waals surface area contributed by atoms with Gasteiger partial charge in [0, 0.05) is 34.2 Å². The molecule has 2 aromatic heterocycles. The van der Waals surface area contributed by atoms with E-state index in [-0.39, 0.29) is 5.75 Å². The van der Waals surface area contributed by atoms with Gasteiger partial charge in [-0.15, -0.1) is 0 Å². The lowest BCUT2D eigenvalue weighted by Gasteiger charge is -2.09. The average Bonchev–Trinajstić information content (AvgIpc) is 2.58. The van der Waals surface area contributed by atoms with Gasteiger partial charge in [0.2, 0.25) is 0 Å². The van der Waals surface area contributed by atoms with Gasteiger partial charge in [-0.1, -0.05) is 22.0 Å². The monoisotopic (exact) mass is 461 g/mol.